The van der Waals surface area contributed by atoms with Gasteiger partial charge in [-0.05, 0) is 31.5 Å². The van der Waals surface area contributed by atoms with Crippen LogP contribution in [0.3, 0.4) is 0 Å². The Bertz CT molecular complexity index is 542. The van der Waals surface area contributed by atoms with Gasteiger partial charge < -0.3 is 5.32 Å². The van der Waals surface area contributed by atoms with E-state index in [0.717, 1.165) is 12.3 Å². The summed E-state index contributed by atoms with van der Waals surface area (Å²) in [7, 11) is 0. The number of rotatable bonds is 6. The zero-order valence-electron chi connectivity index (χ0n) is 12.6. The third-order valence-corrected chi connectivity index (χ3v) is 5.31. The molecule has 108 valence electrons. The highest BCUT2D eigenvalue weighted by atomic mass is 32.2. The maximum atomic E-state index is 4.59. The molecule has 1 N–H and O–H groups in total. The van der Waals surface area contributed by atoms with E-state index in [1.54, 1.807) is 0 Å². The van der Waals surface area contributed by atoms with Crippen molar-refractivity contribution in [2.45, 2.75) is 50.9 Å². The van der Waals surface area contributed by atoms with E-state index in [1.807, 2.05) is 23.1 Å². The maximum Gasteiger partial charge on any atom is 0.103 e. The van der Waals surface area contributed by atoms with Gasteiger partial charge in [0.05, 0.1) is 11.4 Å². The van der Waals surface area contributed by atoms with Gasteiger partial charge in [0.25, 0.3) is 0 Å². The van der Waals surface area contributed by atoms with Crippen LogP contribution < -0.4 is 5.32 Å². The molecule has 4 heteroatoms. The Labute approximate surface area is 130 Å². The second kappa shape index (κ2) is 7.25. The quantitative estimate of drug-likeness (QED) is 0.793. The predicted molar refractivity (Wildman–Crippen MR) is 89.6 cm³/mol. The van der Waals surface area contributed by atoms with Crippen molar-refractivity contribution < 1.29 is 0 Å². The molecule has 2 rings (SSSR count). The molecule has 0 saturated carbocycles. The van der Waals surface area contributed by atoms with Crippen LogP contribution in [0.4, 0.5) is 0 Å². The van der Waals surface area contributed by atoms with Crippen LogP contribution in [-0.4, -0.2) is 11.0 Å². The summed E-state index contributed by atoms with van der Waals surface area (Å²) < 4.78 is 0. The summed E-state index contributed by atoms with van der Waals surface area (Å²) in [5, 5.41) is 4.67. The molecule has 2 nitrogen and oxygen atoms in total. The van der Waals surface area contributed by atoms with E-state index in [-0.39, 0.29) is 0 Å². The van der Waals surface area contributed by atoms with Gasteiger partial charge in [0.2, 0.25) is 0 Å². The molecule has 0 amide bonds. The number of hydrogen-bond acceptors (Lipinski definition) is 4. The van der Waals surface area contributed by atoms with Gasteiger partial charge in [-0.25, -0.2) is 4.98 Å². The van der Waals surface area contributed by atoms with Gasteiger partial charge in [-0.2, -0.15) is 0 Å². The van der Waals surface area contributed by atoms with Gasteiger partial charge in [0, 0.05) is 22.4 Å². The topological polar surface area (TPSA) is 24.9 Å². The van der Waals surface area contributed by atoms with Crippen LogP contribution in [0.1, 0.15) is 35.0 Å². The van der Waals surface area contributed by atoms with E-state index in [2.05, 4.69) is 62.3 Å². The summed E-state index contributed by atoms with van der Waals surface area (Å²) in [6.07, 6.45) is 0. The first kappa shape index (κ1) is 15.5. The number of hydrogen-bond donors (Lipinski definition) is 1. The van der Waals surface area contributed by atoms with Crippen LogP contribution in [0.2, 0.25) is 0 Å². The predicted octanol–water partition coefficient (Wildman–Crippen LogP) is 4.55. The molecule has 0 aliphatic carbocycles. The lowest BCUT2D eigenvalue weighted by Crippen LogP contribution is -2.21. The molecule has 2 aromatic rings. The molecule has 20 heavy (non-hydrogen) atoms. The molecule has 1 aromatic carbocycles. The van der Waals surface area contributed by atoms with Crippen molar-refractivity contribution >= 4 is 23.1 Å². The standard InChI is InChI=1S/C16H22N2S2/c1-11(2)17-9-14-6-5-7-15(8-14)19-10-16-18-12(3)13(4)20-16/h5-8,11,17H,9-10H2,1-4H3. The Morgan fingerprint density at radius 2 is 2.10 bits per heavy atom. The summed E-state index contributed by atoms with van der Waals surface area (Å²) >= 11 is 3.67. The molecule has 1 aromatic heterocycles. The minimum Gasteiger partial charge on any atom is -0.310 e. The van der Waals surface area contributed by atoms with Crippen LogP contribution in [-0.2, 0) is 12.3 Å². The first-order valence-electron chi connectivity index (χ1n) is 6.92. The van der Waals surface area contributed by atoms with E-state index in [4.69, 9.17) is 0 Å². The molecular weight excluding hydrogens is 284 g/mol. The zero-order valence-corrected chi connectivity index (χ0v) is 14.2. The third kappa shape index (κ3) is 4.62. The van der Waals surface area contributed by atoms with Crippen molar-refractivity contribution in [2.24, 2.45) is 0 Å². The van der Waals surface area contributed by atoms with E-state index in [1.165, 1.54) is 26.0 Å². The molecular formula is C16H22N2S2. The number of benzene rings is 1. The lowest BCUT2D eigenvalue weighted by Gasteiger charge is -2.09. The fourth-order valence-electron chi connectivity index (χ4n) is 1.81. The average Bonchev–Trinajstić information content (AvgIpc) is 2.74. The Kier molecular flexibility index (Phi) is 5.64. The summed E-state index contributed by atoms with van der Waals surface area (Å²) in [5.41, 5.74) is 2.51. The molecule has 0 aliphatic heterocycles. The second-order valence-corrected chi connectivity index (χ2v) is 7.56. The molecule has 0 bridgehead atoms. The highest BCUT2D eigenvalue weighted by Crippen LogP contribution is 2.27. The largest absolute Gasteiger partial charge is 0.310 e. The van der Waals surface area contributed by atoms with Crippen molar-refractivity contribution in [1.29, 1.82) is 0 Å². The van der Waals surface area contributed by atoms with Crippen LogP contribution in [0.15, 0.2) is 29.2 Å². The molecule has 0 unspecified atom stereocenters. The van der Waals surface area contributed by atoms with Crippen molar-refractivity contribution in [3.05, 3.63) is 45.4 Å². The van der Waals surface area contributed by atoms with Crippen LogP contribution in [0.25, 0.3) is 0 Å². The zero-order chi connectivity index (χ0) is 14.5. The van der Waals surface area contributed by atoms with Gasteiger partial charge in [-0.3, -0.25) is 0 Å². The summed E-state index contributed by atoms with van der Waals surface area (Å²) in [5.74, 6) is 0.959. The number of thioether (sulfide) groups is 1. The molecule has 0 fully saturated rings. The fourth-order valence-corrected chi connectivity index (χ4v) is 3.72. The summed E-state index contributed by atoms with van der Waals surface area (Å²) in [4.78, 5) is 7.24. The monoisotopic (exact) mass is 306 g/mol. The minimum absolute atomic E-state index is 0.521. The van der Waals surface area contributed by atoms with Gasteiger partial charge in [0.15, 0.2) is 0 Å². The summed E-state index contributed by atoms with van der Waals surface area (Å²) in [6, 6.07) is 9.28. The van der Waals surface area contributed by atoms with Gasteiger partial charge in [-0.1, -0.05) is 26.0 Å². The molecule has 0 atom stereocenters. The van der Waals surface area contributed by atoms with E-state index in [0.29, 0.717) is 6.04 Å². The van der Waals surface area contributed by atoms with Crippen molar-refractivity contribution in [1.82, 2.24) is 10.3 Å². The SMILES string of the molecule is Cc1nc(CSc2cccc(CNC(C)C)c2)sc1C. The maximum absolute atomic E-state index is 4.59. The Hall–Kier alpha value is -0.840. The van der Waals surface area contributed by atoms with Crippen molar-refractivity contribution in [2.75, 3.05) is 0 Å². The smallest absolute Gasteiger partial charge is 0.103 e. The second-order valence-electron chi connectivity index (χ2n) is 5.22. The third-order valence-electron chi connectivity index (χ3n) is 3.05. The molecule has 0 aliphatic rings. The molecule has 1 heterocycles. The van der Waals surface area contributed by atoms with Crippen LogP contribution >= 0.6 is 23.1 Å². The number of aryl methyl sites for hydroxylation is 2. The highest BCUT2D eigenvalue weighted by molar-refractivity contribution is 7.98. The lowest BCUT2D eigenvalue weighted by molar-refractivity contribution is 0.588. The lowest BCUT2D eigenvalue weighted by atomic mass is 10.2. The van der Waals surface area contributed by atoms with Crippen molar-refractivity contribution in [3.8, 4) is 0 Å². The molecule has 0 spiro atoms. The average molecular weight is 307 g/mol. The van der Waals surface area contributed by atoms with E-state index in [9.17, 15) is 0 Å². The minimum atomic E-state index is 0.521. The van der Waals surface area contributed by atoms with E-state index < -0.39 is 0 Å². The first-order valence-corrected chi connectivity index (χ1v) is 8.73. The van der Waals surface area contributed by atoms with E-state index >= 15 is 0 Å². The van der Waals surface area contributed by atoms with Crippen LogP contribution in [0, 0.1) is 13.8 Å². The Balaban J connectivity index is 1.94. The number of nitrogens with one attached hydrogen (secondary N) is 1. The molecule has 0 saturated heterocycles. The molecule has 0 radical (unpaired) electrons. The first-order chi connectivity index (χ1) is 9.54. The normalized spacial score (nSPS) is 11.2. The Morgan fingerprint density at radius 3 is 2.75 bits per heavy atom. The Morgan fingerprint density at radius 1 is 1.30 bits per heavy atom. The van der Waals surface area contributed by atoms with Gasteiger partial charge >= 0.3 is 0 Å². The highest BCUT2D eigenvalue weighted by Gasteiger charge is 2.05. The van der Waals surface area contributed by atoms with Gasteiger partial charge in [-0.15, -0.1) is 23.1 Å². The van der Waals surface area contributed by atoms with Crippen molar-refractivity contribution in [3.63, 3.8) is 0 Å². The summed E-state index contributed by atoms with van der Waals surface area (Å²) in [6.45, 7) is 9.50. The number of aromatic nitrogens is 1. The number of nitrogens with zero attached hydrogens (tertiary/aromatic N) is 1. The fraction of sp³-hybridized carbons (Fsp3) is 0.438. The number of thiazole rings is 1. The van der Waals surface area contributed by atoms with Gasteiger partial charge in [0.1, 0.15) is 5.01 Å². The van der Waals surface area contributed by atoms with Crippen LogP contribution in [0.5, 0.6) is 0 Å².